The lowest BCUT2D eigenvalue weighted by molar-refractivity contribution is -0.121. The summed E-state index contributed by atoms with van der Waals surface area (Å²) >= 11 is 6.19. The molecule has 0 fully saturated rings. The van der Waals surface area contributed by atoms with E-state index < -0.39 is 0 Å². The number of guanidine groups is 1. The van der Waals surface area contributed by atoms with Gasteiger partial charge in [0.25, 0.3) is 5.91 Å². The van der Waals surface area contributed by atoms with Crippen LogP contribution in [0.15, 0.2) is 53.5 Å². The van der Waals surface area contributed by atoms with Crippen LogP contribution in [0.25, 0.3) is 0 Å². The van der Waals surface area contributed by atoms with Crippen molar-refractivity contribution in [2.75, 3.05) is 31.1 Å². The summed E-state index contributed by atoms with van der Waals surface area (Å²) in [7, 11) is 0. The van der Waals surface area contributed by atoms with E-state index in [1.54, 1.807) is 4.90 Å². The number of carbonyl (C=O) groups is 1. The number of carbonyl (C=O) groups excluding carboxylic acids is 1. The highest BCUT2D eigenvalue weighted by Crippen LogP contribution is 2.31. The van der Waals surface area contributed by atoms with Gasteiger partial charge in [-0.3, -0.25) is 4.79 Å². The molecule has 0 saturated heterocycles. The summed E-state index contributed by atoms with van der Waals surface area (Å²) in [6, 6.07) is 15.3. The Morgan fingerprint density at radius 1 is 1.17 bits per heavy atom. The normalized spacial score (nSPS) is 13.2. The molecule has 2 N–H and O–H groups in total. The van der Waals surface area contributed by atoms with Crippen LogP contribution in [-0.2, 0) is 11.3 Å². The Balaban J connectivity index is 0.00000300. The molecule has 1 heterocycles. The molecule has 0 unspecified atom stereocenters. The Labute approximate surface area is 193 Å². The average Bonchev–Trinajstić information content (AvgIpc) is 2.71. The Hall–Kier alpha value is -2.00. The van der Waals surface area contributed by atoms with Crippen molar-refractivity contribution in [1.82, 2.24) is 10.6 Å². The van der Waals surface area contributed by atoms with Crippen molar-refractivity contribution in [3.63, 3.8) is 0 Å². The van der Waals surface area contributed by atoms with E-state index in [-0.39, 0.29) is 36.5 Å². The van der Waals surface area contributed by atoms with Gasteiger partial charge in [0, 0.05) is 24.7 Å². The molecule has 0 atom stereocenters. The summed E-state index contributed by atoms with van der Waals surface area (Å²) in [4.78, 5) is 18.6. The molecule has 1 aliphatic heterocycles. The number of hydrogen-bond donors (Lipinski definition) is 2. The lowest BCUT2D eigenvalue weighted by Gasteiger charge is -2.29. The molecule has 0 aromatic heterocycles. The first kappa shape index (κ1) is 23.3. The number of para-hydroxylation sites is 2. The number of amides is 1. The summed E-state index contributed by atoms with van der Waals surface area (Å²) in [5, 5.41) is 7.26. The zero-order chi connectivity index (χ0) is 19.8. The van der Waals surface area contributed by atoms with Crippen LogP contribution in [0.4, 0.5) is 5.69 Å². The van der Waals surface area contributed by atoms with Gasteiger partial charge in [-0.25, -0.2) is 4.99 Å². The molecular formula is C21H26ClIN4O2. The summed E-state index contributed by atoms with van der Waals surface area (Å²) in [6.07, 6.45) is 0.788. The minimum atomic E-state index is -0.0157. The molecule has 0 saturated carbocycles. The van der Waals surface area contributed by atoms with E-state index in [1.165, 1.54) is 0 Å². The number of anilines is 1. The molecule has 0 radical (unpaired) electrons. The van der Waals surface area contributed by atoms with Crippen molar-refractivity contribution in [1.29, 1.82) is 0 Å². The molecule has 6 nitrogen and oxygen atoms in total. The van der Waals surface area contributed by atoms with Crippen molar-refractivity contribution in [3.05, 3.63) is 59.1 Å². The molecule has 0 bridgehead atoms. The fourth-order valence-electron chi connectivity index (χ4n) is 2.98. The molecular weight excluding hydrogens is 503 g/mol. The number of fused-ring (bicyclic) bond motifs is 1. The Morgan fingerprint density at radius 3 is 2.72 bits per heavy atom. The number of benzene rings is 2. The minimum absolute atomic E-state index is 0. The van der Waals surface area contributed by atoms with E-state index >= 15 is 0 Å². The van der Waals surface area contributed by atoms with Crippen LogP contribution in [0, 0.1) is 0 Å². The summed E-state index contributed by atoms with van der Waals surface area (Å²) in [5.74, 6) is 1.47. The maximum absolute atomic E-state index is 12.2. The second-order valence-electron chi connectivity index (χ2n) is 6.37. The third kappa shape index (κ3) is 6.50. The average molecular weight is 529 g/mol. The highest BCUT2D eigenvalue weighted by molar-refractivity contribution is 14.0. The zero-order valence-corrected chi connectivity index (χ0v) is 19.4. The smallest absolute Gasteiger partial charge is 0.265 e. The molecule has 29 heavy (non-hydrogen) atoms. The maximum atomic E-state index is 12.2. The molecule has 1 aliphatic rings. The minimum Gasteiger partial charge on any atom is -0.482 e. The van der Waals surface area contributed by atoms with Crippen molar-refractivity contribution in [3.8, 4) is 5.75 Å². The van der Waals surface area contributed by atoms with Crippen LogP contribution in [0.5, 0.6) is 5.75 Å². The highest BCUT2D eigenvalue weighted by Gasteiger charge is 2.24. The molecule has 0 aliphatic carbocycles. The van der Waals surface area contributed by atoms with Gasteiger partial charge in [-0.05, 0) is 37.1 Å². The number of hydrogen-bond acceptors (Lipinski definition) is 3. The van der Waals surface area contributed by atoms with Gasteiger partial charge >= 0.3 is 0 Å². The number of aliphatic imine (C=N–C) groups is 1. The largest absolute Gasteiger partial charge is 0.482 e. The molecule has 0 spiro atoms. The summed E-state index contributed by atoms with van der Waals surface area (Å²) in [5.41, 5.74) is 1.81. The van der Waals surface area contributed by atoms with Crippen LogP contribution in [0.3, 0.4) is 0 Å². The Bertz CT molecular complexity index is 847. The first-order chi connectivity index (χ1) is 13.7. The van der Waals surface area contributed by atoms with Gasteiger partial charge in [0.2, 0.25) is 0 Å². The second-order valence-corrected chi connectivity index (χ2v) is 6.78. The fourth-order valence-corrected chi connectivity index (χ4v) is 3.17. The van der Waals surface area contributed by atoms with Crippen molar-refractivity contribution >= 4 is 53.1 Å². The molecule has 2 aromatic rings. The molecule has 2 aromatic carbocycles. The van der Waals surface area contributed by atoms with Gasteiger partial charge in [0.1, 0.15) is 5.75 Å². The lowest BCUT2D eigenvalue weighted by Crippen LogP contribution is -2.42. The van der Waals surface area contributed by atoms with Gasteiger partial charge in [-0.2, -0.15) is 0 Å². The van der Waals surface area contributed by atoms with Crippen LogP contribution >= 0.6 is 35.6 Å². The van der Waals surface area contributed by atoms with Gasteiger partial charge in [0.15, 0.2) is 12.6 Å². The SMILES string of the molecule is CCNC(=NCc1ccccc1Cl)NCCCN1C(=O)COc2ccccc21.I. The van der Waals surface area contributed by atoms with Gasteiger partial charge in [-0.1, -0.05) is 41.9 Å². The molecule has 3 rings (SSSR count). The monoisotopic (exact) mass is 528 g/mol. The van der Waals surface area contributed by atoms with Gasteiger partial charge in [0.05, 0.1) is 12.2 Å². The van der Waals surface area contributed by atoms with E-state index in [9.17, 15) is 4.79 Å². The van der Waals surface area contributed by atoms with Crippen molar-refractivity contribution in [2.45, 2.75) is 19.9 Å². The maximum Gasteiger partial charge on any atom is 0.265 e. The van der Waals surface area contributed by atoms with Gasteiger partial charge < -0.3 is 20.3 Å². The number of rotatable bonds is 7. The number of nitrogens with one attached hydrogen (secondary N) is 2. The van der Waals surface area contributed by atoms with Crippen LogP contribution in [0.2, 0.25) is 5.02 Å². The van der Waals surface area contributed by atoms with E-state index in [4.69, 9.17) is 16.3 Å². The molecule has 156 valence electrons. The van der Waals surface area contributed by atoms with E-state index in [0.717, 1.165) is 35.9 Å². The predicted molar refractivity (Wildman–Crippen MR) is 129 cm³/mol. The number of nitrogens with zero attached hydrogens (tertiary/aromatic N) is 2. The van der Waals surface area contributed by atoms with Crippen LogP contribution < -0.4 is 20.3 Å². The predicted octanol–water partition coefficient (Wildman–Crippen LogP) is 3.83. The topological polar surface area (TPSA) is 66.0 Å². The van der Waals surface area contributed by atoms with Crippen molar-refractivity contribution < 1.29 is 9.53 Å². The summed E-state index contributed by atoms with van der Waals surface area (Å²) in [6.45, 7) is 4.70. The van der Waals surface area contributed by atoms with E-state index in [0.29, 0.717) is 24.7 Å². The van der Waals surface area contributed by atoms with Crippen LogP contribution in [-0.4, -0.2) is 38.1 Å². The Morgan fingerprint density at radius 2 is 1.93 bits per heavy atom. The highest BCUT2D eigenvalue weighted by atomic mass is 127. The Kier molecular flexibility index (Phi) is 9.53. The first-order valence-corrected chi connectivity index (χ1v) is 9.84. The third-order valence-electron chi connectivity index (χ3n) is 4.37. The number of ether oxygens (including phenoxy) is 1. The van der Waals surface area contributed by atoms with Crippen molar-refractivity contribution in [2.24, 2.45) is 4.99 Å². The first-order valence-electron chi connectivity index (χ1n) is 9.47. The van der Waals surface area contributed by atoms with Crippen LogP contribution in [0.1, 0.15) is 18.9 Å². The van der Waals surface area contributed by atoms with Gasteiger partial charge in [-0.15, -0.1) is 24.0 Å². The molecule has 1 amide bonds. The quantitative estimate of drug-likeness (QED) is 0.248. The summed E-state index contributed by atoms with van der Waals surface area (Å²) < 4.78 is 5.48. The van der Waals surface area contributed by atoms with E-state index in [1.807, 2.05) is 55.5 Å². The molecule has 8 heteroatoms. The second kappa shape index (κ2) is 11.9. The van der Waals surface area contributed by atoms with E-state index in [2.05, 4.69) is 15.6 Å². The fraction of sp³-hybridized carbons (Fsp3) is 0.333. The lowest BCUT2D eigenvalue weighted by atomic mass is 10.2. The standard InChI is InChI=1S/C21H25ClN4O2.HI/c1-2-23-21(25-14-16-8-3-4-9-17(16)22)24-12-7-13-26-18-10-5-6-11-19(18)28-15-20(26)27;/h3-6,8-11H,2,7,12-15H2,1H3,(H2,23,24,25);1H. The number of halogens is 2. The zero-order valence-electron chi connectivity index (χ0n) is 16.4. The third-order valence-corrected chi connectivity index (χ3v) is 4.74.